The predicted molar refractivity (Wildman–Crippen MR) is 71.1 cm³/mol. The molecule has 1 saturated heterocycles. The molecule has 1 rings (SSSR count). The minimum Gasteiger partial charge on any atom is -0.481 e. The van der Waals surface area contributed by atoms with Crippen LogP contribution in [0.4, 0.5) is 4.79 Å². The fourth-order valence-corrected chi connectivity index (χ4v) is 2.29. The normalized spacial score (nSPS) is 22.5. The van der Waals surface area contributed by atoms with Gasteiger partial charge in [0.25, 0.3) is 0 Å². The van der Waals surface area contributed by atoms with Gasteiger partial charge >= 0.3 is 12.0 Å². The largest absolute Gasteiger partial charge is 0.481 e. The van der Waals surface area contributed by atoms with E-state index in [0.29, 0.717) is 45.7 Å². The van der Waals surface area contributed by atoms with E-state index < -0.39 is 11.4 Å². The molecule has 1 heterocycles. The van der Waals surface area contributed by atoms with E-state index in [1.807, 2.05) is 13.8 Å². The maximum absolute atomic E-state index is 11.9. The molecular formula is C13H24N2O4. The van der Waals surface area contributed by atoms with Gasteiger partial charge in [0.15, 0.2) is 0 Å². The number of carboxylic acid groups (broad SMARTS) is 1. The van der Waals surface area contributed by atoms with Crippen LogP contribution in [0.5, 0.6) is 0 Å². The van der Waals surface area contributed by atoms with Crippen molar-refractivity contribution in [2.45, 2.75) is 33.1 Å². The number of nitrogens with one attached hydrogen (secondary N) is 1. The van der Waals surface area contributed by atoms with E-state index in [-0.39, 0.29) is 6.03 Å². The number of nitrogens with zero attached hydrogens (tertiary/aromatic N) is 1. The Bertz CT molecular complexity index is 322. The Hall–Kier alpha value is -1.30. The molecule has 6 heteroatoms. The molecule has 0 aromatic rings. The van der Waals surface area contributed by atoms with Gasteiger partial charge in [0.1, 0.15) is 0 Å². The van der Waals surface area contributed by atoms with Crippen LogP contribution in [-0.2, 0) is 9.53 Å². The van der Waals surface area contributed by atoms with Crippen molar-refractivity contribution in [1.82, 2.24) is 10.2 Å². The molecule has 110 valence electrons. The van der Waals surface area contributed by atoms with Crippen LogP contribution < -0.4 is 5.32 Å². The highest BCUT2D eigenvalue weighted by Crippen LogP contribution is 2.34. The summed E-state index contributed by atoms with van der Waals surface area (Å²) in [6, 6.07) is -0.173. The molecule has 6 nitrogen and oxygen atoms in total. The minimum absolute atomic E-state index is 0.173. The fraction of sp³-hybridized carbons (Fsp3) is 0.846. The molecule has 1 unspecified atom stereocenters. The molecular weight excluding hydrogens is 248 g/mol. The molecule has 1 fully saturated rings. The summed E-state index contributed by atoms with van der Waals surface area (Å²) < 4.78 is 5.18. The molecule has 19 heavy (non-hydrogen) atoms. The van der Waals surface area contributed by atoms with Crippen LogP contribution in [0, 0.1) is 5.41 Å². The maximum Gasteiger partial charge on any atom is 0.317 e. The van der Waals surface area contributed by atoms with Crippen LogP contribution in [-0.4, -0.2) is 54.9 Å². The van der Waals surface area contributed by atoms with E-state index in [4.69, 9.17) is 4.74 Å². The number of hydrogen-bond acceptors (Lipinski definition) is 3. The number of carboxylic acids is 1. The average molecular weight is 272 g/mol. The molecule has 1 aliphatic heterocycles. The van der Waals surface area contributed by atoms with E-state index in [9.17, 15) is 14.7 Å². The van der Waals surface area contributed by atoms with Gasteiger partial charge in [-0.25, -0.2) is 4.79 Å². The topological polar surface area (TPSA) is 78.9 Å². The Kier molecular flexibility index (Phi) is 6.08. The Labute approximate surface area is 114 Å². The molecule has 1 aliphatic rings. The Morgan fingerprint density at radius 1 is 1.42 bits per heavy atom. The van der Waals surface area contributed by atoms with Crippen LogP contribution >= 0.6 is 0 Å². The second-order valence-corrected chi connectivity index (χ2v) is 4.89. The van der Waals surface area contributed by atoms with E-state index in [2.05, 4.69) is 5.32 Å². The molecule has 0 radical (unpaired) electrons. The zero-order valence-electron chi connectivity index (χ0n) is 11.8. The van der Waals surface area contributed by atoms with E-state index >= 15 is 0 Å². The standard InChI is InChI=1S/C13H24N2O4/c1-3-13(11(16)17)6-8-15(10-13)12(18)14-7-5-9-19-4-2/h3-10H2,1-2H3,(H,14,18)(H,16,17). The van der Waals surface area contributed by atoms with Gasteiger partial charge in [0.2, 0.25) is 0 Å². The number of carbonyl (C=O) groups is 2. The first kappa shape index (κ1) is 15.8. The summed E-state index contributed by atoms with van der Waals surface area (Å²) in [5, 5.41) is 12.1. The van der Waals surface area contributed by atoms with Gasteiger partial charge in [-0.2, -0.15) is 0 Å². The first-order valence-electron chi connectivity index (χ1n) is 6.89. The van der Waals surface area contributed by atoms with E-state index in [1.165, 1.54) is 0 Å². The number of aliphatic carboxylic acids is 1. The van der Waals surface area contributed by atoms with E-state index in [1.54, 1.807) is 4.90 Å². The van der Waals surface area contributed by atoms with Gasteiger partial charge in [0.05, 0.1) is 5.41 Å². The van der Waals surface area contributed by atoms with Crippen LogP contribution in [0.1, 0.15) is 33.1 Å². The number of amides is 2. The Morgan fingerprint density at radius 3 is 2.68 bits per heavy atom. The maximum atomic E-state index is 11.9. The van der Waals surface area contributed by atoms with Crippen LogP contribution in [0.25, 0.3) is 0 Å². The van der Waals surface area contributed by atoms with Gasteiger partial charge < -0.3 is 20.1 Å². The van der Waals surface area contributed by atoms with Crippen LogP contribution in [0.2, 0.25) is 0 Å². The molecule has 2 N–H and O–H groups in total. The average Bonchev–Trinajstić information content (AvgIpc) is 2.84. The lowest BCUT2D eigenvalue weighted by Crippen LogP contribution is -2.42. The molecule has 0 spiro atoms. The summed E-state index contributed by atoms with van der Waals surface area (Å²) >= 11 is 0. The lowest BCUT2D eigenvalue weighted by atomic mass is 9.84. The van der Waals surface area contributed by atoms with E-state index in [0.717, 1.165) is 6.42 Å². The van der Waals surface area contributed by atoms with Gasteiger partial charge in [-0.15, -0.1) is 0 Å². The summed E-state index contributed by atoms with van der Waals surface area (Å²) in [4.78, 5) is 24.8. The van der Waals surface area contributed by atoms with Crippen molar-refractivity contribution in [3.8, 4) is 0 Å². The quantitative estimate of drug-likeness (QED) is 0.685. The summed E-state index contributed by atoms with van der Waals surface area (Å²) in [6.07, 6.45) is 1.85. The molecule has 0 aromatic carbocycles. The van der Waals surface area contributed by atoms with Crippen molar-refractivity contribution in [2.24, 2.45) is 5.41 Å². The second-order valence-electron chi connectivity index (χ2n) is 4.89. The Morgan fingerprint density at radius 2 is 2.16 bits per heavy atom. The third kappa shape index (κ3) is 4.09. The van der Waals surface area contributed by atoms with Crippen molar-refractivity contribution in [3.63, 3.8) is 0 Å². The summed E-state index contributed by atoms with van der Waals surface area (Å²) in [5.41, 5.74) is -0.761. The first-order chi connectivity index (χ1) is 9.05. The van der Waals surface area contributed by atoms with Gasteiger partial charge in [-0.3, -0.25) is 4.79 Å². The fourth-order valence-electron chi connectivity index (χ4n) is 2.29. The molecule has 1 atom stereocenters. The summed E-state index contributed by atoms with van der Waals surface area (Å²) in [6.45, 7) is 6.47. The summed E-state index contributed by atoms with van der Waals surface area (Å²) in [7, 11) is 0. The number of carbonyl (C=O) groups excluding carboxylic acids is 1. The smallest absolute Gasteiger partial charge is 0.317 e. The monoisotopic (exact) mass is 272 g/mol. The third-order valence-electron chi connectivity index (χ3n) is 3.72. The molecule has 0 saturated carbocycles. The lowest BCUT2D eigenvalue weighted by Gasteiger charge is -2.23. The highest BCUT2D eigenvalue weighted by molar-refractivity contribution is 5.79. The number of ether oxygens (including phenoxy) is 1. The molecule has 2 amide bonds. The summed E-state index contributed by atoms with van der Waals surface area (Å²) in [5.74, 6) is -0.804. The SMILES string of the molecule is CCOCCCNC(=O)N1CCC(CC)(C(=O)O)C1. The molecule has 0 aliphatic carbocycles. The number of urea groups is 1. The van der Waals surface area contributed by atoms with Gasteiger partial charge in [-0.1, -0.05) is 6.92 Å². The Balaban J connectivity index is 2.33. The molecule has 0 bridgehead atoms. The lowest BCUT2D eigenvalue weighted by molar-refractivity contribution is -0.148. The zero-order valence-corrected chi connectivity index (χ0v) is 11.8. The number of likely N-dealkylation sites (tertiary alicyclic amines) is 1. The second kappa shape index (κ2) is 7.33. The van der Waals surface area contributed by atoms with Crippen molar-refractivity contribution in [1.29, 1.82) is 0 Å². The highest BCUT2D eigenvalue weighted by atomic mass is 16.5. The zero-order chi connectivity index (χ0) is 14.3. The predicted octanol–water partition coefficient (Wildman–Crippen LogP) is 1.31. The van der Waals surface area contributed by atoms with Crippen LogP contribution in [0.3, 0.4) is 0 Å². The van der Waals surface area contributed by atoms with Gasteiger partial charge in [0, 0.05) is 32.8 Å². The third-order valence-corrected chi connectivity index (χ3v) is 3.72. The minimum atomic E-state index is -0.804. The van der Waals surface area contributed by atoms with Crippen molar-refractivity contribution in [3.05, 3.63) is 0 Å². The first-order valence-corrected chi connectivity index (χ1v) is 6.89. The van der Waals surface area contributed by atoms with Crippen molar-refractivity contribution >= 4 is 12.0 Å². The van der Waals surface area contributed by atoms with Crippen molar-refractivity contribution < 1.29 is 19.4 Å². The van der Waals surface area contributed by atoms with Crippen molar-refractivity contribution in [2.75, 3.05) is 32.8 Å². The number of rotatable bonds is 7. The molecule has 0 aromatic heterocycles. The van der Waals surface area contributed by atoms with Crippen LogP contribution in [0.15, 0.2) is 0 Å². The highest BCUT2D eigenvalue weighted by Gasteiger charge is 2.44. The number of hydrogen-bond donors (Lipinski definition) is 2. The van der Waals surface area contributed by atoms with Gasteiger partial charge in [-0.05, 0) is 26.2 Å².